The largest absolute Gasteiger partial charge is 0.478 e. The van der Waals surface area contributed by atoms with Crippen LogP contribution in [0, 0.1) is 0 Å². The third-order valence-electron chi connectivity index (χ3n) is 3.21. The first-order valence-corrected chi connectivity index (χ1v) is 7.66. The van der Waals surface area contributed by atoms with Crippen LogP contribution in [0.25, 0.3) is 5.65 Å². The van der Waals surface area contributed by atoms with Crippen LogP contribution < -0.4 is 15.4 Å². The fourth-order valence-corrected chi connectivity index (χ4v) is 2.04. The van der Waals surface area contributed by atoms with E-state index in [2.05, 4.69) is 25.7 Å². The van der Waals surface area contributed by atoms with Crippen LogP contribution in [0.2, 0.25) is 0 Å². The summed E-state index contributed by atoms with van der Waals surface area (Å²) in [7, 11) is 0. The molecular weight excluding hydrogens is 308 g/mol. The van der Waals surface area contributed by atoms with Crippen LogP contribution in [0.3, 0.4) is 0 Å². The summed E-state index contributed by atoms with van der Waals surface area (Å²) in [6, 6.07) is 5.12. The maximum Gasteiger partial charge on any atom is 0.319 e. The molecule has 8 heteroatoms. The molecule has 2 N–H and O–H groups in total. The number of urea groups is 1. The van der Waals surface area contributed by atoms with Crippen molar-refractivity contribution in [2.45, 2.75) is 19.9 Å². The molecule has 0 bridgehead atoms. The van der Waals surface area contributed by atoms with E-state index < -0.39 is 0 Å². The van der Waals surface area contributed by atoms with Gasteiger partial charge < -0.3 is 15.4 Å². The number of amides is 2. The van der Waals surface area contributed by atoms with Crippen molar-refractivity contribution in [3.63, 3.8) is 0 Å². The normalized spacial score (nSPS) is 10.5. The Kier molecular flexibility index (Phi) is 4.85. The number of fused-ring (bicyclic) bond motifs is 1. The summed E-state index contributed by atoms with van der Waals surface area (Å²) in [4.78, 5) is 20.3. The Bertz CT molecular complexity index is 815. The second-order valence-corrected chi connectivity index (χ2v) is 5.14. The van der Waals surface area contributed by atoms with Crippen molar-refractivity contribution in [1.82, 2.24) is 24.9 Å². The van der Waals surface area contributed by atoms with E-state index in [0.29, 0.717) is 24.7 Å². The van der Waals surface area contributed by atoms with E-state index in [0.717, 1.165) is 17.6 Å². The molecule has 0 aliphatic carbocycles. The molecule has 0 atom stereocenters. The van der Waals surface area contributed by atoms with Gasteiger partial charge in [-0.25, -0.2) is 19.3 Å². The van der Waals surface area contributed by atoms with E-state index in [9.17, 15) is 4.79 Å². The Morgan fingerprint density at radius 2 is 2.17 bits per heavy atom. The molecule has 3 aromatic rings. The zero-order chi connectivity index (χ0) is 16.8. The quantitative estimate of drug-likeness (QED) is 0.724. The lowest BCUT2D eigenvalue weighted by Gasteiger charge is -2.08. The van der Waals surface area contributed by atoms with Crippen molar-refractivity contribution >= 4 is 17.4 Å². The van der Waals surface area contributed by atoms with Gasteiger partial charge in [0.15, 0.2) is 5.65 Å². The summed E-state index contributed by atoms with van der Waals surface area (Å²) in [5, 5.41) is 9.55. The van der Waals surface area contributed by atoms with E-state index in [1.165, 1.54) is 0 Å². The Morgan fingerprint density at radius 3 is 2.96 bits per heavy atom. The first-order valence-electron chi connectivity index (χ1n) is 7.66. The molecule has 0 aliphatic heterocycles. The highest BCUT2D eigenvalue weighted by Gasteiger charge is 2.04. The first kappa shape index (κ1) is 15.7. The topological polar surface area (TPSA) is 93.4 Å². The number of pyridine rings is 1. The van der Waals surface area contributed by atoms with Gasteiger partial charge in [-0.1, -0.05) is 13.0 Å². The van der Waals surface area contributed by atoms with Crippen LogP contribution in [0.1, 0.15) is 18.9 Å². The van der Waals surface area contributed by atoms with Gasteiger partial charge in [-0.3, -0.25) is 0 Å². The lowest BCUT2D eigenvalue weighted by Crippen LogP contribution is -2.28. The number of hydrogen-bond acceptors (Lipinski definition) is 5. The van der Waals surface area contributed by atoms with E-state index in [1.54, 1.807) is 41.4 Å². The number of aromatic nitrogens is 4. The first-order chi connectivity index (χ1) is 11.7. The molecule has 0 unspecified atom stereocenters. The Morgan fingerprint density at radius 1 is 1.25 bits per heavy atom. The molecule has 0 radical (unpaired) electrons. The minimum Gasteiger partial charge on any atom is -0.478 e. The number of carbonyl (C=O) groups is 1. The zero-order valence-corrected chi connectivity index (χ0v) is 13.3. The monoisotopic (exact) mass is 326 g/mol. The van der Waals surface area contributed by atoms with Gasteiger partial charge in [0.2, 0.25) is 5.88 Å². The lowest BCUT2D eigenvalue weighted by molar-refractivity contribution is 0.251. The number of ether oxygens (including phenoxy) is 1. The molecule has 24 heavy (non-hydrogen) atoms. The van der Waals surface area contributed by atoms with Gasteiger partial charge in [-0.15, -0.1) is 0 Å². The predicted octanol–water partition coefficient (Wildman–Crippen LogP) is 2.23. The van der Waals surface area contributed by atoms with Crippen LogP contribution in [0.15, 0.2) is 43.0 Å². The Labute approximate surface area is 138 Å². The smallest absolute Gasteiger partial charge is 0.319 e. The standard InChI is InChI=1S/C16H18N6O2/c1-2-7-24-15-4-3-12(8-18-15)9-19-16(23)21-13-10-17-14-5-6-20-22(14)11-13/h3-6,8,10-11H,2,7,9H2,1H3,(H2,19,21,23). The van der Waals surface area contributed by atoms with Gasteiger partial charge >= 0.3 is 6.03 Å². The van der Waals surface area contributed by atoms with E-state index in [-0.39, 0.29) is 6.03 Å². The Hall–Kier alpha value is -3.16. The molecular formula is C16H18N6O2. The fraction of sp³-hybridized carbons (Fsp3) is 0.250. The Balaban J connectivity index is 1.51. The average Bonchev–Trinajstić information content (AvgIpc) is 3.07. The minimum absolute atomic E-state index is 0.324. The maximum atomic E-state index is 11.9. The van der Waals surface area contributed by atoms with Crippen LogP contribution >= 0.6 is 0 Å². The molecule has 0 aliphatic rings. The fourth-order valence-electron chi connectivity index (χ4n) is 2.04. The highest BCUT2D eigenvalue weighted by atomic mass is 16.5. The van der Waals surface area contributed by atoms with Crippen LogP contribution in [0.5, 0.6) is 5.88 Å². The molecule has 0 saturated heterocycles. The molecule has 124 valence electrons. The van der Waals surface area contributed by atoms with Crippen molar-refractivity contribution in [2.75, 3.05) is 11.9 Å². The van der Waals surface area contributed by atoms with Gasteiger partial charge in [0.1, 0.15) is 0 Å². The van der Waals surface area contributed by atoms with Gasteiger partial charge in [-0.05, 0) is 12.0 Å². The number of nitrogens with zero attached hydrogens (tertiary/aromatic N) is 4. The third-order valence-corrected chi connectivity index (χ3v) is 3.21. The third kappa shape index (κ3) is 3.97. The maximum absolute atomic E-state index is 11.9. The SMILES string of the molecule is CCCOc1ccc(CNC(=O)Nc2cnc3ccnn3c2)cn1. The molecule has 0 fully saturated rings. The van der Waals surface area contributed by atoms with Crippen molar-refractivity contribution in [3.05, 3.63) is 48.5 Å². The van der Waals surface area contributed by atoms with Gasteiger partial charge in [0.05, 0.1) is 30.9 Å². The minimum atomic E-state index is -0.324. The molecule has 0 spiro atoms. The van der Waals surface area contributed by atoms with Crippen LogP contribution in [0.4, 0.5) is 10.5 Å². The number of hydrogen-bond donors (Lipinski definition) is 2. The number of rotatable bonds is 6. The van der Waals surface area contributed by atoms with E-state index in [1.807, 2.05) is 13.0 Å². The molecule has 2 amide bonds. The van der Waals surface area contributed by atoms with Gasteiger partial charge in [0.25, 0.3) is 0 Å². The molecule has 8 nitrogen and oxygen atoms in total. The van der Waals surface area contributed by atoms with Crippen LogP contribution in [-0.4, -0.2) is 32.2 Å². The zero-order valence-electron chi connectivity index (χ0n) is 13.3. The van der Waals surface area contributed by atoms with Gasteiger partial charge in [0, 0.05) is 24.9 Å². The number of nitrogens with one attached hydrogen (secondary N) is 2. The number of carbonyl (C=O) groups excluding carboxylic acids is 1. The lowest BCUT2D eigenvalue weighted by atomic mass is 10.3. The van der Waals surface area contributed by atoms with E-state index in [4.69, 9.17) is 4.74 Å². The molecule has 0 aromatic carbocycles. The molecule has 3 rings (SSSR count). The summed E-state index contributed by atoms with van der Waals surface area (Å²) >= 11 is 0. The van der Waals surface area contributed by atoms with Crippen molar-refractivity contribution in [3.8, 4) is 5.88 Å². The second kappa shape index (κ2) is 7.40. The highest BCUT2D eigenvalue weighted by molar-refractivity contribution is 5.88. The summed E-state index contributed by atoms with van der Waals surface area (Å²) < 4.78 is 7.01. The van der Waals surface area contributed by atoms with Crippen molar-refractivity contribution in [2.24, 2.45) is 0 Å². The molecule has 3 aromatic heterocycles. The summed E-state index contributed by atoms with van der Waals surface area (Å²) in [6.07, 6.45) is 7.54. The van der Waals surface area contributed by atoms with Gasteiger partial charge in [-0.2, -0.15) is 5.10 Å². The summed E-state index contributed by atoms with van der Waals surface area (Å²) in [5.74, 6) is 0.587. The second-order valence-electron chi connectivity index (χ2n) is 5.14. The molecule has 3 heterocycles. The predicted molar refractivity (Wildman–Crippen MR) is 88.9 cm³/mol. The van der Waals surface area contributed by atoms with Crippen molar-refractivity contribution < 1.29 is 9.53 Å². The van der Waals surface area contributed by atoms with E-state index >= 15 is 0 Å². The average molecular weight is 326 g/mol. The highest BCUT2D eigenvalue weighted by Crippen LogP contribution is 2.09. The van der Waals surface area contributed by atoms with Crippen molar-refractivity contribution in [1.29, 1.82) is 0 Å². The number of anilines is 1. The molecule has 0 saturated carbocycles. The summed E-state index contributed by atoms with van der Waals surface area (Å²) in [6.45, 7) is 3.04. The summed E-state index contributed by atoms with van der Waals surface area (Å²) in [5.41, 5.74) is 2.16. The van der Waals surface area contributed by atoms with Crippen LogP contribution in [-0.2, 0) is 6.54 Å².